The molecule has 0 spiro atoms. The van der Waals surface area contributed by atoms with Crippen LogP contribution in [0.1, 0.15) is 52.8 Å². The molecule has 25 heavy (non-hydrogen) atoms. The second-order valence-corrected chi connectivity index (χ2v) is 5.93. The Hall–Kier alpha value is -2.42. The van der Waals surface area contributed by atoms with Crippen LogP contribution in [0, 0.1) is 6.92 Å². The van der Waals surface area contributed by atoms with Gasteiger partial charge in [0.1, 0.15) is 5.00 Å². The fraction of sp³-hybridized carbons (Fsp3) is 0.500. The van der Waals surface area contributed by atoms with Crippen LogP contribution in [-0.2, 0) is 19.1 Å². The van der Waals surface area contributed by atoms with Crippen molar-refractivity contribution in [3.63, 3.8) is 0 Å². The highest BCUT2D eigenvalue weighted by molar-refractivity contribution is 7.18. The van der Waals surface area contributed by atoms with Crippen molar-refractivity contribution in [3.05, 3.63) is 16.0 Å². The third kappa shape index (κ3) is 5.28. The number of nitrogens with one attached hydrogen (secondary N) is 2. The summed E-state index contributed by atoms with van der Waals surface area (Å²) < 4.78 is 9.60. The van der Waals surface area contributed by atoms with E-state index in [1.165, 1.54) is 0 Å². The Balaban J connectivity index is 3.20. The molecular weight excluding hydrogens is 348 g/mol. The second kappa shape index (κ2) is 9.77. The third-order valence-corrected chi connectivity index (χ3v) is 4.26. The van der Waals surface area contributed by atoms with Crippen molar-refractivity contribution in [1.82, 2.24) is 5.32 Å². The fourth-order valence-corrected chi connectivity index (χ4v) is 3.04. The number of rotatable bonds is 7. The number of anilines is 1. The van der Waals surface area contributed by atoms with E-state index in [9.17, 15) is 19.2 Å². The molecule has 0 bridgehead atoms. The van der Waals surface area contributed by atoms with E-state index in [0.717, 1.165) is 17.8 Å². The average Bonchev–Trinajstić information content (AvgIpc) is 2.89. The van der Waals surface area contributed by atoms with Gasteiger partial charge in [-0.15, -0.1) is 11.3 Å². The molecule has 9 heteroatoms. The smallest absolute Gasteiger partial charge is 0.397 e. The summed E-state index contributed by atoms with van der Waals surface area (Å²) in [5.74, 6) is -3.12. The van der Waals surface area contributed by atoms with Crippen LogP contribution < -0.4 is 10.6 Å². The molecule has 1 aromatic heterocycles. The number of esters is 2. The van der Waals surface area contributed by atoms with E-state index in [-0.39, 0.29) is 34.6 Å². The zero-order valence-electron chi connectivity index (χ0n) is 14.7. The van der Waals surface area contributed by atoms with Crippen LogP contribution in [0.3, 0.4) is 0 Å². The van der Waals surface area contributed by atoms with E-state index in [1.54, 1.807) is 20.8 Å². The Morgan fingerprint density at radius 1 is 1.04 bits per heavy atom. The van der Waals surface area contributed by atoms with Gasteiger partial charge in [0.2, 0.25) is 0 Å². The molecular formula is C16H22N2O6S. The van der Waals surface area contributed by atoms with Gasteiger partial charge in [-0.05, 0) is 32.8 Å². The highest BCUT2D eigenvalue weighted by Gasteiger charge is 2.28. The lowest BCUT2D eigenvalue weighted by molar-refractivity contribution is -0.152. The summed E-state index contributed by atoms with van der Waals surface area (Å²) in [6.07, 6.45) is 0.757. The van der Waals surface area contributed by atoms with E-state index >= 15 is 0 Å². The number of ether oxygens (including phenoxy) is 2. The first kappa shape index (κ1) is 20.6. The minimum Gasteiger partial charge on any atom is -0.462 e. The highest BCUT2D eigenvalue weighted by Crippen LogP contribution is 2.33. The molecule has 2 N–H and O–H groups in total. The van der Waals surface area contributed by atoms with Crippen LogP contribution in [0.15, 0.2) is 0 Å². The molecule has 0 saturated heterocycles. The normalized spacial score (nSPS) is 10.1. The maximum absolute atomic E-state index is 12.2. The Morgan fingerprint density at radius 3 is 2.24 bits per heavy atom. The first-order valence-corrected chi connectivity index (χ1v) is 8.75. The summed E-state index contributed by atoms with van der Waals surface area (Å²) in [4.78, 5) is 48.1. The summed E-state index contributed by atoms with van der Waals surface area (Å²) in [6, 6.07) is 0. The lowest BCUT2D eigenvalue weighted by Gasteiger charge is -2.06. The number of hydrogen-bond acceptors (Lipinski definition) is 7. The number of carbonyl (C=O) groups is 4. The Labute approximate surface area is 149 Å². The van der Waals surface area contributed by atoms with Crippen LogP contribution in [-0.4, -0.2) is 43.5 Å². The first-order chi connectivity index (χ1) is 11.9. The van der Waals surface area contributed by atoms with Crippen LogP contribution in [0.5, 0.6) is 0 Å². The van der Waals surface area contributed by atoms with Crippen molar-refractivity contribution in [1.29, 1.82) is 0 Å². The van der Waals surface area contributed by atoms with Crippen molar-refractivity contribution in [2.45, 2.75) is 34.1 Å². The lowest BCUT2D eigenvalue weighted by atomic mass is 10.1. The van der Waals surface area contributed by atoms with Gasteiger partial charge < -0.3 is 20.1 Å². The summed E-state index contributed by atoms with van der Waals surface area (Å²) in [6.45, 7) is 7.38. The highest BCUT2D eigenvalue weighted by atomic mass is 32.1. The van der Waals surface area contributed by atoms with Gasteiger partial charge in [0.25, 0.3) is 5.91 Å². The molecule has 0 radical (unpaired) electrons. The SMILES string of the molecule is CCCNC(=O)c1sc(NC(=O)C(=O)OCC)c(C(=O)OCC)c1C. The zero-order valence-corrected chi connectivity index (χ0v) is 15.5. The summed E-state index contributed by atoms with van der Waals surface area (Å²) >= 11 is 0.910. The van der Waals surface area contributed by atoms with Crippen LogP contribution in [0.4, 0.5) is 5.00 Å². The summed E-state index contributed by atoms with van der Waals surface area (Å²) in [5, 5.41) is 5.12. The Kier molecular flexibility index (Phi) is 8.06. The average molecular weight is 370 g/mol. The quantitative estimate of drug-likeness (QED) is 0.560. The van der Waals surface area contributed by atoms with Crippen molar-refractivity contribution >= 4 is 40.1 Å². The predicted molar refractivity (Wildman–Crippen MR) is 92.9 cm³/mol. The van der Waals surface area contributed by atoms with Gasteiger partial charge >= 0.3 is 17.8 Å². The third-order valence-electron chi connectivity index (χ3n) is 3.06. The van der Waals surface area contributed by atoms with E-state index in [4.69, 9.17) is 4.74 Å². The van der Waals surface area contributed by atoms with Gasteiger partial charge in [-0.25, -0.2) is 9.59 Å². The number of thiophene rings is 1. The number of carbonyl (C=O) groups excluding carboxylic acids is 4. The monoisotopic (exact) mass is 370 g/mol. The zero-order chi connectivity index (χ0) is 19.0. The number of amides is 2. The molecule has 0 aliphatic heterocycles. The topological polar surface area (TPSA) is 111 Å². The number of hydrogen-bond donors (Lipinski definition) is 2. The fourth-order valence-electron chi connectivity index (χ4n) is 1.94. The van der Waals surface area contributed by atoms with Crippen LogP contribution >= 0.6 is 11.3 Å². The minimum absolute atomic E-state index is 0.0468. The molecule has 138 valence electrons. The molecule has 0 aliphatic carbocycles. The molecule has 8 nitrogen and oxygen atoms in total. The summed E-state index contributed by atoms with van der Waals surface area (Å²) in [7, 11) is 0. The molecule has 1 heterocycles. The summed E-state index contributed by atoms with van der Waals surface area (Å²) in [5.41, 5.74) is 0.447. The van der Waals surface area contributed by atoms with Gasteiger partial charge in [0.05, 0.1) is 23.7 Å². The predicted octanol–water partition coefficient (Wildman–Crippen LogP) is 1.87. The van der Waals surface area contributed by atoms with Gasteiger partial charge in [0.15, 0.2) is 0 Å². The Bertz CT molecular complexity index is 668. The molecule has 0 fully saturated rings. The van der Waals surface area contributed by atoms with Crippen molar-refractivity contribution in [2.24, 2.45) is 0 Å². The van der Waals surface area contributed by atoms with E-state index in [0.29, 0.717) is 12.1 Å². The minimum atomic E-state index is -1.07. The van der Waals surface area contributed by atoms with Gasteiger partial charge in [-0.2, -0.15) is 0 Å². The Morgan fingerprint density at radius 2 is 1.68 bits per heavy atom. The molecule has 2 amide bonds. The van der Waals surface area contributed by atoms with Crippen LogP contribution in [0.25, 0.3) is 0 Å². The van der Waals surface area contributed by atoms with Gasteiger partial charge in [-0.1, -0.05) is 6.92 Å². The van der Waals surface area contributed by atoms with Gasteiger partial charge in [0, 0.05) is 6.54 Å². The standard InChI is InChI=1S/C16H22N2O6S/c1-5-8-17-12(19)11-9(4)10(15(21)23-6-2)14(25-11)18-13(20)16(22)24-7-3/h5-8H2,1-4H3,(H,17,19)(H,18,20). The molecule has 1 rings (SSSR count). The molecule has 0 atom stereocenters. The van der Waals surface area contributed by atoms with Crippen molar-refractivity contribution < 1.29 is 28.7 Å². The van der Waals surface area contributed by atoms with Crippen LogP contribution in [0.2, 0.25) is 0 Å². The molecule has 0 saturated carbocycles. The van der Waals surface area contributed by atoms with Gasteiger partial charge in [-0.3, -0.25) is 9.59 Å². The maximum atomic E-state index is 12.2. The largest absolute Gasteiger partial charge is 0.462 e. The molecule has 1 aromatic rings. The lowest BCUT2D eigenvalue weighted by Crippen LogP contribution is -2.25. The second-order valence-electron chi connectivity index (χ2n) is 4.91. The van der Waals surface area contributed by atoms with E-state index in [2.05, 4.69) is 15.4 Å². The van der Waals surface area contributed by atoms with E-state index in [1.807, 2.05) is 6.92 Å². The molecule has 0 aromatic carbocycles. The molecule has 0 unspecified atom stereocenters. The first-order valence-electron chi connectivity index (χ1n) is 7.94. The maximum Gasteiger partial charge on any atom is 0.397 e. The molecule has 0 aliphatic rings. The van der Waals surface area contributed by atoms with Crippen molar-refractivity contribution in [2.75, 3.05) is 25.1 Å². The van der Waals surface area contributed by atoms with E-state index < -0.39 is 17.8 Å². The van der Waals surface area contributed by atoms with Crippen molar-refractivity contribution in [3.8, 4) is 0 Å².